The van der Waals surface area contributed by atoms with Gasteiger partial charge in [0.05, 0.1) is 5.69 Å². The van der Waals surface area contributed by atoms with Gasteiger partial charge in [-0.05, 0) is 73.2 Å². The summed E-state index contributed by atoms with van der Waals surface area (Å²) in [4.78, 5) is 2.58. The maximum Gasteiger partial charge on any atom is 0.0515 e. The van der Waals surface area contributed by atoms with Gasteiger partial charge in [-0.3, -0.25) is 0 Å². The molecule has 3 atom stereocenters. The maximum atomic E-state index is 5.87. The van der Waals surface area contributed by atoms with Crippen LogP contribution in [0.2, 0.25) is 0 Å². The van der Waals surface area contributed by atoms with E-state index in [1.54, 1.807) is 0 Å². The Labute approximate surface area is 125 Å². The Hall–Kier alpha value is -0.540. The molecule has 1 saturated heterocycles. The van der Waals surface area contributed by atoms with Crippen LogP contribution in [0.4, 0.5) is 5.69 Å². The van der Waals surface area contributed by atoms with Crippen molar-refractivity contribution in [2.45, 2.75) is 64.6 Å². The van der Waals surface area contributed by atoms with Gasteiger partial charge in [0.2, 0.25) is 0 Å². The van der Waals surface area contributed by atoms with Crippen molar-refractivity contribution in [3.8, 4) is 0 Å². The zero-order chi connectivity index (χ0) is 14.0. The molecule has 1 fully saturated rings. The van der Waals surface area contributed by atoms with Crippen molar-refractivity contribution in [3.05, 3.63) is 28.2 Å². The monoisotopic (exact) mass is 324 g/mol. The van der Waals surface area contributed by atoms with Crippen LogP contribution in [0.15, 0.2) is 22.7 Å². The third kappa shape index (κ3) is 3.32. The molecule has 0 radical (unpaired) electrons. The van der Waals surface area contributed by atoms with Crippen LogP contribution in [-0.2, 0) is 6.42 Å². The molecule has 2 nitrogen and oxygen atoms in total. The van der Waals surface area contributed by atoms with E-state index in [1.165, 1.54) is 35.0 Å². The summed E-state index contributed by atoms with van der Waals surface area (Å²) in [6.45, 7) is 6.67. The van der Waals surface area contributed by atoms with Gasteiger partial charge in [0.1, 0.15) is 0 Å². The van der Waals surface area contributed by atoms with E-state index in [-0.39, 0.29) is 6.04 Å². The third-order valence-electron chi connectivity index (χ3n) is 4.11. The fourth-order valence-corrected chi connectivity index (χ4v) is 3.80. The van der Waals surface area contributed by atoms with Gasteiger partial charge < -0.3 is 10.6 Å². The van der Waals surface area contributed by atoms with Crippen molar-refractivity contribution in [1.29, 1.82) is 0 Å². The van der Waals surface area contributed by atoms with Crippen molar-refractivity contribution in [2.75, 3.05) is 4.90 Å². The van der Waals surface area contributed by atoms with Crippen molar-refractivity contribution in [1.82, 2.24) is 0 Å². The first-order chi connectivity index (χ1) is 9.02. The molecule has 1 aromatic rings. The molecule has 1 aliphatic rings. The van der Waals surface area contributed by atoms with E-state index in [0.29, 0.717) is 12.1 Å². The number of nitrogens with two attached hydrogens (primary N) is 1. The summed E-state index contributed by atoms with van der Waals surface area (Å²) in [7, 11) is 0. The normalized spacial score (nSPS) is 24.8. The van der Waals surface area contributed by atoms with E-state index in [9.17, 15) is 0 Å². The van der Waals surface area contributed by atoms with Gasteiger partial charge in [0, 0.05) is 22.6 Å². The molecule has 2 rings (SSSR count). The second kappa shape index (κ2) is 6.27. The van der Waals surface area contributed by atoms with E-state index in [2.05, 4.69) is 59.8 Å². The largest absolute Gasteiger partial charge is 0.365 e. The minimum Gasteiger partial charge on any atom is -0.365 e. The van der Waals surface area contributed by atoms with Crippen molar-refractivity contribution in [2.24, 2.45) is 5.73 Å². The Morgan fingerprint density at radius 1 is 1.42 bits per heavy atom. The highest BCUT2D eigenvalue weighted by Crippen LogP contribution is 2.37. The molecule has 0 spiro atoms. The first kappa shape index (κ1) is 14.9. The molecule has 1 heterocycles. The molecule has 19 heavy (non-hydrogen) atoms. The van der Waals surface area contributed by atoms with Crippen molar-refractivity contribution >= 4 is 21.6 Å². The molecule has 0 aromatic heterocycles. The Balaban J connectivity index is 2.25. The second-order valence-electron chi connectivity index (χ2n) is 5.86. The maximum absolute atomic E-state index is 5.87. The van der Waals surface area contributed by atoms with Crippen LogP contribution in [0.25, 0.3) is 0 Å². The topological polar surface area (TPSA) is 29.3 Å². The van der Waals surface area contributed by atoms with Gasteiger partial charge in [0.25, 0.3) is 0 Å². The van der Waals surface area contributed by atoms with Crippen molar-refractivity contribution in [3.63, 3.8) is 0 Å². The summed E-state index contributed by atoms with van der Waals surface area (Å²) < 4.78 is 1.21. The van der Waals surface area contributed by atoms with E-state index in [4.69, 9.17) is 5.73 Å². The molecule has 1 aliphatic heterocycles. The number of hydrogen-bond donors (Lipinski definition) is 1. The lowest BCUT2D eigenvalue weighted by Crippen LogP contribution is -2.34. The molecule has 1 aromatic carbocycles. The van der Waals surface area contributed by atoms with Crippen LogP contribution in [-0.4, -0.2) is 18.1 Å². The lowest BCUT2D eigenvalue weighted by molar-refractivity contribution is 0.627. The van der Waals surface area contributed by atoms with Gasteiger partial charge in [0.15, 0.2) is 0 Å². The average molecular weight is 325 g/mol. The van der Waals surface area contributed by atoms with Crippen LogP contribution in [0.5, 0.6) is 0 Å². The van der Waals surface area contributed by atoms with Gasteiger partial charge in [-0.25, -0.2) is 0 Å². The first-order valence-corrected chi connectivity index (χ1v) is 8.14. The fourth-order valence-electron chi connectivity index (χ4n) is 3.17. The first-order valence-electron chi connectivity index (χ1n) is 7.35. The molecular formula is C16H25BrN2. The van der Waals surface area contributed by atoms with E-state index >= 15 is 0 Å². The molecule has 0 aliphatic carbocycles. The van der Waals surface area contributed by atoms with Crippen LogP contribution in [0, 0.1) is 0 Å². The smallest absolute Gasteiger partial charge is 0.0515 e. The highest BCUT2D eigenvalue weighted by Gasteiger charge is 2.30. The molecule has 0 amide bonds. The van der Waals surface area contributed by atoms with Crippen molar-refractivity contribution < 1.29 is 0 Å². The Kier molecular flexibility index (Phi) is 4.91. The minimum absolute atomic E-state index is 0.215. The van der Waals surface area contributed by atoms with Gasteiger partial charge >= 0.3 is 0 Å². The van der Waals surface area contributed by atoms with E-state index < -0.39 is 0 Å². The molecule has 3 heteroatoms. The lowest BCUT2D eigenvalue weighted by atomic mass is 10.1. The standard InChI is InChI=1S/C16H25BrN2/c1-4-14-7-5-12(3)19(14)16-8-6-13(9-11(2)18)10-15(16)17/h6,8,10-12,14H,4-5,7,9,18H2,1-3H3. The number of halogens is 1. The average Bonchev–Trinajstić information content (AvgIpc) is 2.70. The van der Waals surface area contributed by atoms with Gasteiger partial charge in [-0.15, -0.1) is 0 Å². The zero-order valence-corrected chi connectivity index (χ0v) is 13.8. The number of rotatable bonds is 4. The summed E-state index contributed by atoms with van der Waals surface area (Å²) in [6, 6.07) is 8.25. The summed E-state index contributed by atoms with van der Waals surface area (Å²) in [5.74, 6) is 0. The summed E-state index contributed by atoms with van der Waals surface area (Å²) >= 11 is 3.75. The van der Waals surface area contributed by atoms with Gasteiger partial charge in [-0.1, -0.05) is 13.0 Å². The number of nitrogens with zero attached hydrogens (tertiary/aromatic N) is 1. The molecule has 0 saturated carbocycles. The minimum atomic E-state index is 0.215. The quantitative estimate of drug-likeness (QED) is 0.903. The SMILES string of the molecule is CCC1CCC(C)N1c1ccc(CC(C)N)cc1Br. The van der Waals surface area contributed by atoms with Crippen LogP contribution >= 0.6 is 15.9 Å². The number of anilines is 1. The fraction of sp³-hybridized carbons (Fsp3) is 0.625. The Bertz CT molecular complexity index is 431. The second-order valence-corrected chi connectivity index (χ2v) is 6.72. The molecule has 106 valence electrons. The number of hydrogen-bond acceptors (Lipinski definition) is 2. The van der Waals surface area contributed by atoms with Crippen LogP contribution < -0.4 is 10.6 Å². The zero-order valence-electron chi connectivity index (χ0n) is 12.2. The summed E-state index contributed by atoms with van der Waals surface area (Å²) in [6.07, 6.45) is 4.77. The third-order valence-corrected chi connectivity index (χ3v) is 4.74. The van der Waals surface area contributed by atoms with Crippen LogP contribution in [0.1, 0.15) is 45.6 Å². The predicted octanol–water partition coefficient (Wildman–Crippen LogP) is 4.11. The van der Waals surface area contributed by atoms with E-state index in [0.717, 1.165) is 6.42 Å². The number of benzene rings is 1. The molecular weight excluding hydrogens is 300 g/mol. The molecule has 2 N–H and O–H groups in total. The highest BCUT2D eigenvalue weighted by molar-refractivity contribution is 9.10. The molecule has 0 bridgehead atoms. The highest BCUT2D eigenvalue weighted by atomic mass is 79.9. The molecule has 3 unspecified atom stereocenters. The lowest BCUT2D eigenvalue weighted by Gasteiger charge is -2.31. The van der Waals surface area contributed by atoms with Gasteiger partial charge in [-0.2, -0.15) is 0 Å². The Morgan fingerprint density at radius 3 is 2.74 bits per heavy atom. The predicted molar refractivity (Wildman–Crippen MR) is 86.7 cm³/mol. The Morgan fingerprint density at radius 2 is 2.16 bits per heavy atom. The van der Waals surface area contributed by atoms with E-state index in [1.807, 2.05) is 0 Å². The summed E-state index contributed by atoms with van der Waals surface area (Å²) in [5.41, 5.74) is 8.52. The summed E-state index contributed by atoms with van der Waals surface area (Å²) in [5, 5.41) is 0. The van der Waals surface area contributed by atoms with Crippen LogP contribution in [0.3, 0.4) is 0 Å².